The number of anilines is 1. The average Bonchev–Trinajstić information content (AvgIpc) is 2.34. The second-order valence-corrected chi connectivity index (χ2v) is 5.24. The van der Waals surface area contributed by atoms with Crippen LogP contribution < -0.4 is 11.5 Å². The highest BCUT2D eigenvalue weighted by Crippen LogP contribution is 2.38. The minimum absolute atomic E-state index is 0.179. The van der Waals surface area contributed by atoms with Crippen LogP contribution in [-0.4, -0.2) is 5.91 Å². The van der Waals surface area contributed by atoms with Crippen molar-refractivity contribution in [3.8, 4) is 0 Å². The van der Waals surface area contributed by atoms with Gasteiger partial charge in [0, 0.05) is 15.5 Å². The molecule has 1 amide bonds. The smallest absolute Gasteiger partial charge is 0.249 e. The number of amides is 1. The van der Waals surface area contributed by atoms with Crippen molar-refractivity contribution in [3.63, 3.8) is 0 Å². The fraction of sp³-hybridized carbons (Fsp3) is 0. The first kappa shape index (κ1) is 13.7. The quantitative estimate of drug-likeness (QED) is 0.854. The van der Waals surface area contributed by atoms with E-state index in [2.05, 4.69) is 0 Å². The van der Waals surface area contributed by atoms with E-state index >= 15 is 0 Å². The number of benzene rings is 2. The Hall–Kier alpha value is -1.72. The number of halogens is 2. The highest BCUT2D eigenvalue weighted by Gasteiger charge is 2.16. The van der Waals surface area contributed by atoms with Gasteiger partial charge in [0.1, 0.15) is 5.82 Å². The molecule has 0 saturated carbocycles. The van der Waals surface area contributed by atoms with Crippen molar-refractivity contribution in [1.82, 2.24) is 0 Å². The number of carbonyl (C=O) groups excluding carboxylic acids is 1. The molecule has 0 aliphatic rings. The molecule has 98 valence electrons. The van der Waals surface area contributed by atoms with Crippen LogP contribution in [0.25, 0.3) is 0 Å². The van der Waals surface area contributed by atoms with E-state index in [9.17, 15) is 9.18 Å². The Balaban J connectivity index is 2.51. The molecule has 0 heterocycles. The van der Waals surface area contributed by atoms with Gasteiger partial charge in [0.25, 0.3) is 0 Å². The lowest BCUT2D eigenvalue weighted by Crippen LogP contribution is -2.13. The van der Waals surface area contributed by atoms with Crippen LogP contribution in [0.1, 0.15) is 10.4 Å². The van der Waals surface area contributed by atoms with Gasteiger partial charge < -0.3 is 11.5 Å². The summed E-state index contributed by atoms with van der Waals surface area (Å²) in [6, 6.07) is 9.13. The zero-order valence-electron chi connectivity index (χ0n) is 9.69. The van der Waals surface area contributed by atoms with Crippen molar-refractivity contribution in [2.45, 2.75) is 9.79 Å². The summed E-state index contributed by atoms with van der Waals surface area (Å²) in [6.45, 7) is 0. The van der Waals surface area contributed by atoms with E-state index in [-0.39, 0.29) is 10.6 Å². The fourth-order valence-corrected chi connectivity index (χ4v) is 2.84. The van der Waals surface area contributed by atoms with Crippen LogP contribution in [0.15, 0.2) is 46.2 Å². The van der Waals surface area contributed by atoms with Crippen molar-refractivity contribution in [2.24, 2.45) is 5.73 Å². The number of rotatable bonds is 3. The van der Waals surface area contributed by atoms with E-state index in [1.807, 2.05) is 0 Å². The van der Waals surface area contributed by atoms with Crippen molar-refractivity contribution in [1.29, 1.82) is 0 Å². The Kier molecular flexibility index (Phi) is 3.97. The molecule has 3 nitrogen and oxygen atoms in total. The van der Waals surface area contributed by atoms with Crippen molar-refractivity contribution >= 4 is 35.0 Å². The molecular formula is C13H10ClFN2OS. The Morgan fingerprint density at radius 1 is 1.26 bits per heavy atom. The third kappa shape index (κ3) is 3.00. The molecular weight excluding hydrogens is 287 g/mol. The molecule has 0 aromatic heterocycles. The Morgan fingerprint density at radius 2 is 1.95 bits per heavy atom. The monoisotopic (exact) mass is 296 g/mol. The SMILES string of the molecule is NC(=O)c1cc(N)cc(Cl)c1Sc1ccccc1F. The first-order valence-electron chi connectivity index (χ1n) is 5.30. The first-order valence-corrected chi connectivity index (χ1v) is 6.49. The second kappa shape index (κ2) is 5.50. The average molecular weight is 297 g/mol. The summed E-state index contributed by atoms with van der Waals surface area (Å²) in [5.41, 5.74) is 11.4. The Bertz CT molecular complexity index is 649. The maximum absolute atomic E-state index is 13.6. The lowest BCUT2D eigenvalue weighted by Gasteiger charge is -2.10. The highest BCUT2D eigenvalue weighted by molar-refractivity contribution is 7.99. The van der Waals surface area contributed by atoms with Gasteiger partial charge in [0.15, 0.2) is 0 Å². The predicted molar refractivity (Wildman–Crippen MR) is 74.9 cm³/mol. The predicted octanol–water partition coefficient (Wildman–Crippen LogP) is 3.31. The Labute approximate surface area is 118 Å². The van der Waals surface area contributed by atoms with Crippen LogP contribution in [0.5, 0.6) is 0 Å². The molecule has 0 saturated heterocycles. The zero-order chi connectivity index (χ0) is 14.0. The second-order valence-electron chi connectivity index (χ2n) is 3.78. The topological polar surface area (TPSA) is 69.1 Å². The van der Waals surface area contributed by atoms with Gasteiger partial charge in [-0.25, -0.2) is 4.39 Å². The Morgan fingerprint density at radius 3 is 2.58 bits per heavy atom. The molecule has 6 heteroatoms. The van der Waals surface area contributed by atoms with Gasteiger partial charge in [-0.1, -0.05) is 35.5 Å². The molecule has 0 aliphatic heterocycles. The number of hydrogen-bond acceptors (Lipinski definition) is 3. The van der Waals surface area contributed by atoms with Crippen LogP contribution in [0.4, 0.5) is 10.1 Å². The van der Waals surface area contributed by atoms with E-state index in [4.69, 9.17) is 23.1 Å². The van der Waals surface area contributed by atoms with E-state index in [1.165, 1.54) is 18.2 Å². The molecule has 0 atom stereocenters. The molecule has 19 heavy (non-hydrogen) atoms. The number of nitrogens with two attached hydrogens (primary N) is 2. The number of primary amides is 1. The van der Waals surface area contributed by atoms with Gasteiger partial charge in [-0.2, -0.15) is 0 Å². The van der Waals surface area contributed by atoms with Gasteiger partial charge in [-0.3, -0.25) is 4.79 Å². The molecule has 0 radical (unpaired) electrons. The molecule has 2 aromatic rings. The van der Waals surface area contributed by atoms with Crippen molar-refractivity contribution < 1.29 is 9.18 Å². The van der Waals surface area contributed by atoms with E-state index in [0.29, 0.717) is 15.5 Å². The summed E-state index contributed by atoms with van der Waals surface area (Å²) in [6.07, 6.45) is 0. The molecule has 0 aliphatic carbocycles. The number of hydrogen-bond donors (Lipinski definition) is 2. The van der Waals surface area contributed by atoms with Crippen molar-refractivity contribution in [2.75, 3.05) is 5.73 Å². The lowest BCUT2D eigenvalue weighted by molar-refractivity contribution is 0.0997. The van der Waals surface area contributed by atoms with Crippen LogP contribution in [-0.2, 0) is 0 Å². The largest absolute Gasteiger partial charge is 0.399 e. The van der Waals surface area contributed by atoms with Gasteiger partial charge in [0.05, 0.1) is 10.6 Å². The number of nitrogen functional groups attached to an aromatic ring is 1. The van der Waals surface area contributed by atoms with Crippen LogP contribution >= 0.6 is 23.4 Å². The maximum atomic E-state index is 13.6. The van der Waals surface area contributed by atoms with Gasteiger partial charge in [-0.05, 0) is 24.3 Å². The zero-order valence-corrected chi connectivity index (χ0v) is 11.3. The third-order valence-corrected chi connectivity index (χ3v) is 3.99. The fourth-order valence-electron chi connectivity index (χ4n) is 1.54. The normalized spacial score (nSPS) is 10.4. The van der Waals surface area contributed by atoms with Gasteiger partial charge >= 0.3 is 0 Å². The van der Waals surface area contributed by atoms with Gasteiger partial charge in [-0.15, -0.1) is 0 Å². The first-order chi connectivity index (χ1) is 8.99. The standard InChI is InChI=1S/C13H10ClFN2OS/c14-9-6-7(16)5-8(13(17)18)12(9)19-11-4-2-1-3-10(11)15/h1-6H,16H2,(H2,17,18). The minimum Gasteiger partial charge on any atom is -0.399 e. The summed E-state index contributed by atoms with van der Waals surface area (Å²) in [5.74, 6) is -1.05. The van der Waals surface area contributed by atoms with E-state index < -0.39 is 11.7 Å². The molecule has 0 spiro atoms. The summed E-state index contributed by atoms with van der Waals surface area (Å²) in [4.78, 5) is 12.2. The summed E-state index contributed by atoms with van der Waals surface area (Å²) in [5, 5.41) is 0.266. The molecule has 0 unspecified atom stereocenters. The minimum atomic E-state index is -0.659. The van der Waals surface area contributed by atoms with E-state index in [0.717, 1.165) is 11.8 Å². The molecule has 0 bridgehead atoms. The summed E-state index contributed by atoms with van der Waals surface area (Å²) >= 11 is 7.09. The van der Waals surface area contributed by atoms with Crippen LogP contribution in [0, 0.1) is 5.82 Å². The molecule has 2 aromatic carbocycles. The molecule has 4 N–H and O–H groups in total. The van der Waals surface area contributed by atoms with E-state index in [1.54, 1.807) is 18.2 Å². The molecule has 2 rings (SSSR count). The maximum Gasteiger partial charge on any atom is 0.249 e. The summed E-state index contributed by atoms with van der Waals surface area (Å²) < 4.78 is 13.6. The lowest BCUT2D eigenvalue weighted by atomic mass is 10.2. The summed E-state index contributed by atoms with van der Waals surface area (Å²) in [7, 11) is 0. The van der Waals surface area contributed by atoms with Crippen LogP contribution in [0.3, 0.4) is 0 Å². The number of carbonyl (C=O) groups is 1. The highest BCUT2D eigenvalue weighted by atomic mass is 35.5. The molecule has 0 fully saturated rings. The third-order valence-electron chi connectivity index (χ3n) is 2.38. The van der Waals surface area contributed by atoms with Crippen LogP contribution in [0.2, 0.25) is 5.02 Å². The van der Waals surface area contributed by atoms with Crippen molar-refractivity contribution in [3.05, 3.63) is 52.8 Å². The van der Waals surface area contributed by atoms with Gasteiger partial charge in [0.2, 0.25) is 5.91 Å².